The van der Waals surface area contributed by atoms with E-state index < -0.39 is 0 Å². The van der Waals surface area contributed by atoms with Crippen LogP contribution in [0.5, 0.6) is 11.5 Å². The number of amides is 1. The fraction of sp³-hybridized carbons (Fsp3) is 0.571. The summed E-state index contributed by atoms with van der Waals surface area (Å²) in [5.41, 5.74) is 1.30. The smallest absolute Gasteiger partial charge is 0.231 e. The second kappa shape index (κ2) is 7.45. The summed E-state index contributed by atoms with van der Waals surface area (Å²) in [6.45, 7) is 8.78. The van der Waals surface area contributed by atoms with Gasteiger partial charge in [0.25, 0.3) is 0 Å². The van der Waals surface area contributed by atoms with E-state index >= 15 is 0 Å². The Balaban J connectivity index is 1.36. The van der Waals surface area contributed by atoms with E-state index in [0.717, 1.165) is 62.0 Å². The van der Waals surface area contributed by atoms with Gasteiger partial charge in [-0.1, -0.05) is 13.0 Å². The number of ether oxygens (including phenoxy) is 2. The molecule has 1 atom stereocenters. The Labute approximate surface area is 165 Å². The molecule has 0 aliphatic carbocycles. The van der Waals surface area contributed by atoms with Crippen molar-refractivity contribution in [1.82, 2.24) is 19.7 Å². The van der Waals surface area contributed by atoms with Crippen molar-refractivity contribution in [3.8, 4) is 11.5 Å². The zero-order chi connectivity index (χ0) is 19.7. The summed E-state index contributed by atoms with van der Waals surface area (Å²) in [5.74, 6) is 3.61. The fourth-order valence-corrected chi connectivity index (χ4v) is 4.27. The van der Waals surface area contributed by atoms with Gasteiger partial charge in [0.2, 0.25) is 12.7 Å². The van der Waals surface area contributed by atoms with Gasteiger partial charge in [0.1, 0.15) is 11.6 Å². The van der Waals surface area contributed by atoms with Crippen LogP contribution in [0.25, 0.3) is 0 Å². The van der Waals surface area contributed by atoms with Crippen LogP contribution in [0, 0.1) is 19.3 Å². The maximum absolute atomic E-state index is 12.5. The van der Waals surface area contributed by atoms with Crippen molar-refractivity contribution in [3.05, 3.63) is 35.4 Å². The molecule has 4 rings (SSSR count). The highest BCUT2D eigenvalue weighted by Gasteiger charge is 2.35. The summed E-state index contributed by atoms with van der Waals surface area (Å²) >= 11 is 0. The van der Waals surface area contributed by atoms with E-state index in [1.165, 1.54) is 5.56 Å². The van der Waals surface area contributed by atoms with Crippen molar-refractivity contribution in [2.45, 2.75) is 53.0 Å². The van der Waals surface area contributed by atoms with Gasteiger partial charge in [-0.3, -0.25) is 9.48 Å². The molecule has 7 nitrogen and oxygen atoms in total. The van der Waals surface area contributed by atoms with Crippen LogP contribution in [-0.2, 0) is 17.8 Å². The zero-order valence-electron chi connectivity index (χ0n) is 16.9. The van der Waals surface area contributed by atoms with Gasteiger partial charge in [-0.05, 0) is 56.2 Å². The number of aryl methyl sites for hydroxylation is 3. The summed E-state index contributed by atoms with van der Waals surface area (Å²) in [7, 11) is 0. The van der Waals surface area contributed by atoms with Crippen molar-refractivity contribution in [2.24, 2.45) is 5.41 Å². The molecule has 0 N–H and O–H groups in total. The molecular weight excluding hydrogens is 356 g/mol. The second-order valence-electron chi connectivity index (χ2n) is 8.27. The molecule has 0 spiro atoms. The van der Waals surface area contributed by atoms with Crippen molar-refractivity contribution in [2.75, 3.05) is 19.9 Å². The zero-order valence-corrected chi connectivity index (χ0v) is 16.9. The van der Waals surface area contributed by atoms with Crippen LogP contribution in [0.4, 0.5) is 0 Å². The van der Waals surface area contributed by atoms with Crippen LogP contribution in [0.3, 0.4) is 0 Å². The number of fused-ring (bicyclic) bond motifs is 1. The monoisotopic (exact) mass is 384 g/mol. The van der Waals surface area contributed by atoms with E-state index in [9.17, 15) is 4.79 Å². The summed E-state index contributed by atoms with van der Waals surface area (Å²) < 4.78 is 12.8. The average Bonchev–Trinajstić information content (AvgIpc) is 3.23. The average molecular weight is 384 g/mol. The molecule has 0 unspecified atom stereocenters. The highest BCUT2D eigenvalue weighted by Crippen LogP contribution is 2.37. The molecule has 0 saturated carbocycles. The fourth-order valence-electron chi connectivity index (χ4n) is 4.27. The predicted octanol–water partition coefficient (Wildman–Crippen LogP) is 2.89. The van der Waals surface area contributed by atoms with E-state index in [-0.39, 0.29) is 11.3 Å². The first-order valence-electron chi connectivity index (χ1n) is 9.96. The largest absolute Gasteiger partial charge is 0.454 e. The van der Waals surface area contributed by atoms with Gasteiger partial charge < -0.3 is 14.4 Å². The van der Waals surface area contributed by atoms with Crippen molar-refractivity contribution < 1.29 is 14.3 Å². The van der Waals surface area contributed by atoms with Crippen LogP contribution >= 0.6 is 0 Å². The van der Waals surface area contributed by atoms with Crippen LogP contribution in [-0.4, -0.2) is 45.5 Å². The van der Waals surface area contributed by atoms with E-state index in [4.69, 9.17) is 9.47 Å². The Bertz CT molecular complexity index is 879. The van der Waals surface area contributed by atoms with E-state index in [0.29, 0.717) is 13.2 Å². The number of rotatable bonds is 6. The lowest BCUT2D eigenvalue weighted by molar-refractivity contribution is -0.137. The third kappa shape index (κ3) is 3.98. The van der Waals surface area contributed by atoms with Crippen LogP contribution in [0.1, 0.15) is 43.4 Å². The van der Waals surface area contributed by atoms with Crippen LogP contribution in [0.15, 0.2) is 18.2 Å². The second-order valence-corrected chi connectivity index (χ2v) is 8.27. The molecular formula is C21H28N4O3. The Morgan fingerprint density at radius 3 is 2.79 bits per heavy atom. The van der Waals surface area contributed by atoms with Crippen LogP contribution < -0.4 is 9.47 Å². The molecule has 1 aromatic heterocycles. The van der Waals surface area contributed by atoms with Crippen molar-refractivity contribution in [3.63, 3.8) is 0 Å². The highest BCUT2D eigenvalue weighted by molar-refractivity contribution is 5.77. The topological polar surface area (TPSA) is 69.5 Å². The van der Waals surface area contributed by atoms with Gasteiger partial charge in [0, 0.05) is 26.1 Å². The summed E-state index contributed by atoms with van der Waals surface area (Å²) in [4.78, 5) is 18.8. The van der Waals surface area contributed by atoms with Crippen molar-refractivity contribution in [1.29, 1.82) is 0 Å². The first-order chi connectivity index (χ1) is 13.4. The first-order valence-corrected chi connectivity index (χ1v) is 9.96. The van der Waals surface area contributed by atoms with Crippen molar-refractivity contribution >= 4 is 5.91 Å². The van der Waals surface area contributed by atoms with E-state index in [1.807, 2.05) is 29.5 Å². The van der Waals surface area contributed by atoms with Gasteiger partial charge in [0.15, 0.2) is 11.5 Å². The minimum absolute atomic E-state index is 0.0708. The molecule has 2 aromatic rings. The molecule has 7 heteroatoms. The molecule has 1 amide bonds. The SMILES string of the molecule is Cc1nc(C)n(CCCN2C[C@@](C)(Cc3ccc4c(c3)OCO4)CCC2=O)n1. The minimum Gasteiger partial charge on any atom is -0.454 e. The number of benzene rings is 1. The Morgan fingerprint density at radius 2 is 2.00 bits per heavy atom. The van der Waals surface area contributed by atoms with Gasteiger partial charge >= 0.3 is 0 Å². The number of carbonyl (C=O) groups excluding carboxylic acids is 1. The standard InChI is InChI=1S/C21H28N4O3/c1-15-22-16(2)25(23-15)10-4-9-24-13-21(3,8-7-20(24)26)12-17-5-6-18-19(11-17)28-14-27-18/h5-6,11H,4,7-10,12-14H2,1-3H3/t21-/m1/s1. The molecule has 0 bridgehead atoms. The molecule has 150 valence electrons. The molecule has 1 fully saturated rings. The lowest BCUT2D eigenvalue weighted by atomic mass is 9.76. The van der Waals surface area contributed by atoms with Gasteiger partial charge in [-0.2, -0.15) is 5.10 Å². The molecule has 2 aliphatic rings. The molecule has 1 saturated heterocycles. The van der Waals surface area contributed by atoms with Gasteiger partial charge in [-0.15, -0.1) is 0 Å². The normalized spacial score (nSPS) is 21.4. The molecule has 2 aliphatic heterocycles. The third-order valence-electron chi connectivity index (χ3n) is 5.70. The molecule has 3 heterocycles. The van der Waals surface area contributed by atoms with E-state index in [1.54, 1.807) is 0 Å². The molecule has 28 heavy (non-hydrogen) atoms. The molecule has 1 aromatic carbocycles. The number of hydrogen-bond donors (Lipinski definition) is 0. The number of nitrogens with zero attached hydrogens (tertiary/aromatic N) is 4. The Kier molecular flexibility index (Phi) is 5.00. The highest BCUT2D eigenvalue weighted by atomic mass is 16.7. The first kappa shape index (κ1) is 18.8. The quantitative estimate of drug-likeness (QED) is 0.766. The van der Waals surface area contributed by atoms with Gasteiger partial charge in [0.05, 0.1) is 0 Å². The predicted molar refractivity (Wildman–Crippen MR) is 104 cm³/mol. The lowest BCUT2D eigenvalue weighted by Gasteiger charge is -2.40. The maximum atomic E-state index is 12.5. The number of carbonyl (C=O) groups is 1. The number of piperidine rings is 1. The minimum atomic E-state index is 0.0708. The number of hydrogen-bond acceptors (Lipinski definition) is 5. The molecule has 0 radical (unpaired) electrons. The Morgan fingerprint density at radius 1 is 1.18 bits per heavy atom. The summed E-state index contributed by atoms with van der Waals surface area (Å²) in [6.07, 6.45) is 3.34. The lowest BCUT2D eigenvalue weighted by Crippen LogP contribution is -2.46. The number of aromatic nitrogens is 3. The summed E-state index contributed by atoms with van der Waals surface area (Å²) in [6, 6.07) is 6.16. The van der Waals surface area contributed by atoms with Gasteiger partial charge in [-0.25, -0.2) is 4.98 Å². The van der Waals surface area contributed by atoms with E-state index in [2.05, 4.69) is 29.1 Å². The number of likely N-dealkylation sites (tertiary alicyclic amines) is 1. The third-order valence-corrected chi connectivity index (χ3v) is 5.70. The summed E-state index contributed by atoms with van der Waals surface area (Å²) in [5, 5.41) is 4.40. The Hall–Kier alpha value is -2.57. The maximum Gasteiger partial charge on any atom is 0.231 e. The van der Waals surface area contributed by atoms with Crippen LogP contribution in [0.2, 0.25) is 0 Å².